The van der Waals surface area contributed by atoms with Gasteiger partial charge in [-0.05, 0) is 25.0 Å². The van der Waals surface area contributed by atoms with Gasteiger partial charge in [0.05, 0.1) is 24.8 Å². The summed E-state index contributed by atoms with van der Waals surface area (Å²) in [5.41, 5.74) is 1.10. The topological polar surface area (TPSA) is 36.3 Å². The highest BCUT2D eigenvalue weighted by atomic mass is 16.5. The van der Waals surface area contributed by atoms with Gasteiger partial charge in [-0.3, -0.25) is 0 Å². The van der Waals surface area contributed by atoms with Crippen LogP contribution in [0.3, 0.4) is 0 Å². The monoisotopic (exact) mass is 216 g/mol. The third kappa shape index (κ3) is 2.11. The van der Waals surface area contributed by atoms with Crippen LogP contribution in [0, 0.1) is 17.2 Å². The molecule has 1 heterocycles. The summed E-state index contributed by atoms with van der Waals surface area (Å²) in [5, 5.41) is 8.97. The molecule has 0 radical (unpaired) electrons. The minimum absolute atomic E-state index is 0.152. The Morgan fingerprint density at radius 2 is 2.25 bits per heavy atom. The van der Waals surface area contributed by atoms with Gasteiger partial charge in [-0.15, -0.1) is 0 Å². The zero-order valence-corrected chi connectivity index (χ0v) is 9.52. The minimum atomic E-state index is 0.152. The highest BCUT2D eigenvalue weighted by Gasteiger charge is 2.21. The Balaban J connectivity index is 2.20. The normalized spacial score (nSPS) is 20.2. The maximum atomic E-state index is 8.97. The number of hydrogen-bond acceptors (Lipinski definition) is 3. The van der Waals surface area contributed by atoms with Crippen LogP contribution in [0.5, 0.6) is 5.75 Å². The number of piperidine rings is 1. The summed E-state index contributed by atoms with van der Waals surface area (Å²) in [5.74, 6) is 1.04. The first-order valence-corrected chi connectivity index (χ1v) is 5.62. The maximum Gasteiger partial charge on any atom is 0.142 e. The van der Waals surface area contributed by atoms with Gasteiger partial charge in [0.2, 0.25) is 0 Å². The number of rotatable bonds is 2. The van der Waals surface area contributed by atoms with E-state index in [2.05, 4.69) is 17.0 Å². The zero-order valence-electron chi connectivity index (χ0n) is 9.52. The molecule has 0 aromatic heterocycles. The highest BCUT2D eigenvalue weighted by Crippen LogP contribution is 2.30. The lowest BCUT2D eigenvalue weighted by Gasteiger charge is -2.32. The molecule has 84 valence electrons. The summed E-state index contributed by atoms with van der Waals surface area (Å²) in [6, 6.07) is 10.4. The summed E-state index contributed by atoms with van der Waals surface area (Å²) in [6.07, 6.45) is 2.10. The first kappa shape index (κ1) is 10.8. The van der Waals surface area contributed by atoms with E-state index in [-0.39, 0.29) is 5.92 Å². The molecule has 0 N–H and O–H groups in total. The number of methoxy groups -OCH3 is 1. The second-order valence-corrected chi connectivity index (χ2v) is 4.09. The van der Waals surface area contributed by atoms with Crippen molar-refractivity contribution in [1.82, 2.24) is 0 Å². The van der Waals surface area contributed by atoms with Gasteiger partial charge >= 0.3 is 0 Å². The second-order valence-electron chi connectivity index (χ2n) is 4.09. The van der Waals surface area contributed by atoms with E-state index in [9.17, 15) is 0 Å². The average Bonchev–Trinajstić information content (AvgIpc) is 2.38. The van der Waals surface area contributed by atoms with E-state index < -0.39 is 0 Å². The Morgan fingerprint density at radius 3 is 3.00 bits per heavy atom. The van der Waals surface area contributed by atoms with E-state index >= 15 is 0 Å². The van der Waals surface area contributed by atoms with Crippen LogP contribution in [0.1, 0.15) is 12.8 Å². The molecule has 1 aromatic rings. The van der Waals surface area contributed by atoms with E-state index in [0.717, 1.165) is 37.4 Å². The molecular weight excluding hydrogens is 200 g/mol. The Bertz CT molecular complexity index is 397. The number of para-hydroxylation sites is 2. The molecule has 0 amide bonds. The molecule has 1 aliphatic rings. The average molecular weight is 216 g/mol. The van der Waals surface area contributed by atoms with Crippen LogP contribution in [0.25, 0.3) is 0 Å². The molecule has 1 atom stereocenters. The van der Waals surface area contributed by atoms with Crippen molar-refractivity contribution in [3.63, 3.8) is 0 Å². The zero-order chi connectivity index (χ0) is 11.4. The standard InChI is InChI=1S/C13H16N2O/c1-16-13-7-3-2-6-12(13)15-8-4-5-11(9-14)10-15/h2-3,6-7,11H,4-5,8,10H2,1H3. The molecule has 0 aliphatic carbocycles. The molecule has 0 saturated carbocycles. The summed E-state index contributed by atoms with van der Waals surface area (Å²) in [4.78, 5) is 2.25. The number of nitrogens with zero attached hydrogens (tertiary/aromatic N) is 2. The molecule has 1 aliphatic heterocycles. The molecule has 16 heavy (non-hydrogen) atoms. The number of ether oxygens (including phenoxy) is 1. The van der Waals surface area contributed by atoms with E-state index in [1.807, 2.05) is 18.2 Å². The smallest absolute Gasteiger partial charge is 0.142 e. The number of anilines is 1. The first-order valence-electron chi connectivity index (χ1n) is 5.62. The van der Waals surface area contributed by atoms with E-state index in [1.54, 1.807) is 7.11 Å². The fraction of sp³-hybridized carbons (Fsp3) is 0.462. The predicted molar refractivity (Wildman–Crippen MR) is 63.5 cm³/mol. The maximum absolute atomic E-state index is 8.97. The van der Waals surface area contributed by atoms with Crippen molar-refractivity contribution in [2.75, 3.05) is 25.1 Å². The number of nitriles is 1. The number of hydrogen-bond donors (Lipinski definition) is 0. The van der Waals surface area contributed by atoms with Crippen molar-refractivity contribution in [2.45, 2.75) is 12.8 Å². The molecule has 1 unspecified atom stereocenters. The first-order chi connectivity index (χ1) is 7.85. The van der Waals surface area contributed by atoms with Gasteiger partial charge in [-0.2, -0.15) is 5.26 Å². The summed E-state index contributed by atoms with van der Waals surface area (Å²) in [6.45, 7) is 1.83. The van der Waals surface area contributed by atoms with Crippen LogP contribution < -0.4 is 9.64 Å². The van der Waals surface area contributed by atoms with Crippen molar-refractivity contribution >= 4 is 5.69 Å². The van der Waals surface area contributed by atoms with Crippen molar-refractivity contribution in [1.29, 1.82) is 5.26 Å². The second kappa shape index (κ2) is 4.89. The molecule has 0 spiro atoms. The van der Waals surface area contributed by atoms with Gasteiger partial charge in [0.15, 0.2) is 0 Å². The third-order valence-electron chi connectivity index (χ3n) is 3.03. The fourth-order valence-corrected chi connectivity index (χ4v) is 2.19. The van der Waals surface area contributed by atoms with Crippen LogP contribution in [-0.4, -0.2) is 20.2 Å². The van der Waals surface area contributed by atoms with E-state index in [1.165, 1.54) is 0 Å². The lowest BCUT2D eigenvalue weighted by atomic mass is 9.99. The fourth-order valence-electron chi connectivity index (χ4n) is 2.19. The van der Waals surface area contributed by atoms with Crippen molar-refractivity contribution < 1.29 is 4.74 Å². The third-order valence-corrected chi connectivity index (χ3v) is 3.03. The molecule has 1 aromatic carbocycles. The Hall–Kier alpha value is -1.69. The lowest BCUT2D eigenvalue weighted by molar-refractivity contribution is 0.410. The van der Waals surface area contributed by atoms with Crippen molar-refractivity contribution in [3.05, 3.63) is 24.3 Å². The van der Waals surface area contributed by atoms with Crippen LogP contribution in [-0.2, 0) is 0 Å². The van der Waals surface area contributed by atoms with Gasteiger partial charge in [0.25, 0.3) is 0 Å². The van der Waals surface area contributed by atoms with E-state index in [4.69, 9.17) is 10.00 Å². The molecule has 1 saturated heterocycles. The van der Waals surface area contributed by atoms with Crippen LogP contribution in [0.2, 0.25) is 0 Å². The Morgan fingerprint density at radius 1 is 1.44 bits per heavy atom. The van der Waals surface area contributed by atoms with E-state index in [0.29, 0.717) is 0 Å². The van der Waals surface area contributed by atoms with Crippen LogP contribution >= 0.6 is 0 Å². The van der Waals surface area contributed by atoms with Crippen LogP contribution in [0.4, 0.5) is 5.69 Å². The predicted octanol–water partition coefficient (Wildman–Crippen LogP) is 2.44. The molecule has 3 nitrogen and oxygen atoms in total. The van der Waals surface area contributed by atoms with Gasteiger partial charge in [-0.25, -0.2) is 0 Å². The highest BCUT2D eigenvalue weighted by molar-refractivity contribution is 5.58. The Kier molecular flexibility index (Phi) is 3.31. The van der Waals surface area contributed by atoms with Gasteiger partial charge in [-0.1, -0.05) is 12.1 Å². The SMILES string of the molecule is COc1ccccc1N1CCCC(C#N)C1. The largest absolute Gasteiger partial charge is 0.495 e. The Labute approximate surface area is 96.2 Å². The quantitative estimate of drug-likeness (QED) is 0.761. The summed E-state index contributed by atoms with van der Waals surface area (Å²) < 4.78 is 5.34. The van der Waals surface area contributed by atoms with Crippen molar-refractivity contribution in [3.8, 4) is 11.8 Å². The summed E-state index contributed by atoms with van der Waals surface area (Å²) >= 11 is 0. The lowest BCUT2D eigenvalue weighted by Crippen LogP contribution is -2.35. The van der Waals surface area contributed by atoms with Gasteiger partial charge < -0.3 is 9.64 Å². The summed E-state index contributed by atoms with van der Waals surface area (Å²) in [7, 11) is 1.69. The van der Waals surface area contributed by atoms with Crippen molar-refractivity contribution in [2.24, 2.45) is 5.92 Å². The minimum Gasteiger partial charge on any atom is -0.495 e. The molecule has 0 bridgehead atoms. The molecular formula is C13H16N2O. The van der Waals surface area contributed by atoms with Gasteiger partial charge in [0, 0.05) is 13.1 Å². The molecule has 1 fully saturated rings. The molecule has 2 rings (SSSR count). The van der Waals surface area contributed by atoms with Gasteiger partial charge in [0.1, 0.15) is 5.75 Å². The molecule has 3 heteroatoms. The number of benzene rings is 1. The van der Waals surface area contributed by atoms with Crippen LogP contribution in [0.15, 0.2) is 24.3 Å².